The molecule has 0 aliphatic carbocycles. The van der Waals surface area contributed by atoms with Crippen LogP contribution in [0.1, 0.15) is 12.6 Å². The molecule has 0 atom stereocenters. The Morgan fingerprint density at radius 3 is 2.65 bits per heavy atom. The van der Waals surface area contributed by atoms with E-state index in [1.165, 1.54) is 4.90 Å². The Morgan fingerprint density at radius 2 is 1.92 bits per heavy atom. The molecule has 6 heteroatoms. The molecule has 0 bridgehead atoms. The van der Waals surface area contributed by atoms with Crippen molar-refractivity contribution in [3.05, 3.63) is 73.9 Å². The number of benzene rings is 1. The van der Waals surface area contributed by atoms with Crippen molar-refractivity contribution >= 4 is 39.9 Å². The van der Waals surface area contributed by atoms with Crippen molar-refractivity contribution < 1.29 is 4.57 Å². The molecule has 0 spiro atoms. The first-order valence-corrected chi connectivity index (χ1v) is 10.1. The number of hydrogen-bond acceptors (Lipinski definition) is 4. The normalized spacial score (nSPS) is 16.3. The molecule has 4 rings (SSSR count). The maximum Gasteiger partial charge on any atom is 0.271 e. The molecule has 132 valence electrons. The monoisotopic (exact) mass is 382 g/mol. The molecule has 26 heavy (non-hydrogen) atoms. The van der Waals surface area contributed by atoms with Crippen molar-refractivity contribution in [3.8, 4) is 0 Å². The number of aromatic nitrogens is 2. The summed E-state index contributed by atoms with van der Waals surface area (Å²) in [4.78, 5) is 16.4. The van der Waals surface area contributed by atoms with E-state index in [1.807, 2.05) is 56.0 Å². The average Bonchev–Trinajstić information content (AvgIpc) is 3.14. The first-order valence-electron chi connectivity index (χ1n) is 8.51. The Bertz CT molecular complexity index is 1160. The summed E-state index contributed by atoms with van der Waals surface area (Å²) in [5.74, 6) is 0. The molecule has 0 radical (unpaired) electrons. The highest BCUT2D eigenvalue weighted by atomic mass is 32.2. The lowest BCUT2D eigenvalue weighted by Gasteiger charge is -2.11. The van der Waals surface area contributed by atoms with Gasteiger partial charge in [0.1, 0.15) is 21.3 Å². The zero-order chi connectivity index (χ0) is 18.3. The summed E-state index contributed by atoms with van der Waals surface area (Å²) in [6.07, 6.45) is 4.10. The number of hydrogen-bond donors (Lipinski definition) is 0. The number of para-hydroxylation sites is 1. The van der Waals surface area contributed by atoms with Gasteiger partial charge < -0.3 is 4.90 Å². The highest BCUT2D eigenvalue weighted by Gasteiger charge is 2.24. The number of thiazole rings is 1. The highest BCUT2D eigenvalue weighted by molar-refractivity contribution is 8.08. The summed E-state index contributed by atoms with van der Waals surface area (Å²) in [5, 5.41) is 1.01. The summed E-state index contributed by atoms with van der Waals surface area (Å²) in [5.41, 5.74) is 2.32. The Hall–Kier alpha value is -2.31. The zero-order valence-electron chi connectivity index (χ0n) is 15.0. The van der Waals surface area contributed by atoms with Crippen LogP contribution in [0.4, 0.5) is 5.69 Å². The summed E-state index contributed by atoms with van der Waals surface area (Å²) in [6.45, 7) is 2.68. The predicted octanol–water partition coefficient (Wildman–Crippen LogP) is 1.89. The van der Waals surface area contributed by atoms with Crippen LogP contribution in [0.15, 0.2) is 58.4 Å². The minimum atomic E-state index is 0.0875. The molecule has 3 aromatic rings. The van der Waals surface area contributed by atoms with E-state index in [-0.39, 0.29) is 5.56 Å². The number of nitrogens with zero attached hydrogens (tertiary/aromatic N) is 3. The Kier molecular flexibility index (Phi) is 4.46. The maximum atomic E-state index is 13.1. The molecule has 1 aliphatic heterocycles. The standard InChI is InChI=1S/C20H20N3OS2/c1-4-23-17(13-14-9-7-8-12-21(14)2)26-18(19(23)24)20-22(3)15-10-5-6-11-16(15)25-20/h5-13H,4H2,1-3H3/q+1/b20-18+. The van der Waals surface area contributed by atoms with Crippen LogP contribution in [0, 0.1) is 0 Å². The fourth-order valence-corrected chi connectivity index (χ4v) is 5.54. The fraction of sp³-hybridized carbons (Fsp3) is 0.200. The van der Waals surface area contributed by atoms with Gasteiger partial charge in [0.05, 0.1) is 5.69 Å². The van der Waals surface area contributed by atoms with Gasteiger partial charge in [0, 0.05) is 36.7 Å². The minimum absolute atomic E-state index is 0.0875. The van der Waals surface area contributed by atoms with Crippen LogP contribution in [0.5, 0.6) is 0 Å². The lowest BCUT2D eigenvalue weighted by molar-refractivity contribution is -0.673. The van der Waals surface area contributed by atoms with E-state index in [9.17, 15) is 4.79 Å². The van der Waals surface area contributed by atoms with E-state index < -0.39 is 0 Å². The highest BCUT2D eigenvalue weighted by Crippen LogP contribution is 2.44. The third kappa shape index (κ3) is 2.79. The zero-order valence-corrected chi connectivity index (χ0v) is 16.6. The van der Waals surface area contributed by atoms with Crippen molar-refractivity contribution in [2.75, 3.05) is 11.9 Å². The molecule has 0 saturated heterocycles. The van der Waals surface area contributed by atoms with E-state index in [4.69, 9.17) is 0 Å². The molecule has 0 amide bonds. The molecule has 3 heterocycles. The summed E-state index contributed by atoms with van der Waals surface area (Å²) < 4.78 is 5.70. The number of anilines is 1. The maximum absolute atomic E-state index is 13.1. The van der Waals surface area contributed by atoms with Gasteiger partial charge in [0.2, 0.25) is 5.69 Å². The van der Waals surface area contributed by atoms with Gasteiger partial charge in [-0.15, -0.1) is 11.3 Å². The number of rotatable bonds is 2. The quantitative estimate of drug-likeness (QED) is 0.634. The third-order valence-electron chi connectivity index (χ3n) is 4.53. The summed E-state index contributed by atoms with van der Waals surface area (Å²) in [7, 11) is 4.05. The van der Waals surface area contributed by atoms with Gasteiger partial charge in [-0.3, -0.25) is 9.36 Å². The SMILES string of the molecule is CCn1c(=O)/c(=C2\Sc3ccccc3N2C)s/c1=C\c1cccc[n+]1C. The third-order valence-corrected chi connectivity index (χ3v) is 7.01. The van der Waals surface area contributed by atoms with E-state index in [2.05, 4.69) is 33.7 Å². The van der Waals surface area contributed by atoms with Crippen LogP contribution in [-0.2, 0) is 13.6 Å². The van der Waals surface area contributed by atoms with E-state index in [0.29, 0.717) is 6.54 Å². The molecular weight excluding hydrogens is 362 g/mol. The smallest absolute Gasteiger partial charge is 0.271 e. The van der Waals surface area contributed by atoms with Gasteiger partial charge >= 0.3 is 0 Å². The molecule has 0 saturated carbocycles. The van der Waals surface area contributed by atoms with Crippen LogP contribution < -0.4 is 24.2 Å². The second-order valence-electron chi connectivity index (χ2n) is 6.13. The lowest BCUT2D eigenvalue weighted by Crippen LogP contribution is -2.34. The van der Waals surface area contributed by atoms with Crippen LogP contribution >= 0.6 is 23.1 Å². The number of thioether (sulfide) groups is 1. The van der Waals surface area contributed by atoms with Gasteiger partial charge in [-0.1, -0.05) is 23.9 Å². The first kappa shape index (κ1) is 17.1. The van der Waals surface area contributed by atoms with Crippen molar-refractivity contribution in [1.82, 2.24) is 4.57 Å². The second-order valence-corrected chi connectivity index (χ2v) is 8.19. The molecule has 1 aliphatic rings. The van der Waals surface area contributed by atoms with Crippen LogP contribution in [-0.4, -0.2) is 11.6 Å². The minimum Gasteiger partial charge on any atom is -0.337 e. The van der Waals surface area contributed by atoms with Gasteiger partial charge in [-0.2, -0.15) is 0 Å². The van der Waals surface area contributed by atoms with Crippen molar-refractivity contribution in [2.45, 2.75) is 18.4 Å². The molecule has 4 nitrogen and oxygen atoms in total. The van der Waals surface area contributed by atoms with Crippen LogP contribution in [0.2, 0.25) is 0 Å². The number of aryl methyl sites for hydroxylation is 1. The molecule has 0 unspecified atom stereocenters. The summed E-state index contributed by atoms with van der Waals surface area (Å²) >= 11 is 3.24. The van der Waals surface area contributed by atoms with Crippen molar-refractivity contribution in [1.29, 1.82) is 0 Å². The predicted molar refractivity (Wildman–Crippen MR) is 109 cm³/mol. The molecule has 1 aromatic carbocycles. The number of pyridine rings is 1. The largest absolute Gasteiger partial charge is 0.337 e. The Morgan fingerprint density at radius 1 is 1.15 bits per heavy atom. The summed E-state index contributed by atoms with van der Waals surface area (Å²) in [6, 6.07) is 14.3. The van der Waals surface area contributed by atoms with E-state index in [0.717, 1.165) is 25.6 Å². The van der Waals surface area contributed by atoms with Gasteiger partial charge in [-0.25, -0.2) is 4.57 Å². The van der Waals surface area contributed by atoms with Crippen molar-refractivity contribution in [2.24, 2.45) is 7.05 Å². The topological polar surface area (TPSA) is 29.1 Å². The van der Waals surface area contributed by atoms with E-state index in [1.54, 1.807) is 23.1 Å². The second kappa shape index (κ2) is 6.78. The molecular formula is C20H20N3OS2+. The van der Waals surface area contributed by atoms with Gasteiger partial charge in [0.25, 0.3) is 5.56 Å². The molecule has 0 N–H and O–H groups in total. The molecule has 2 aromatic heterocycles. The van der Waals surface area contributed by atoms with Gasteiger partial charge in [0.15, 0.2) is 6.20 Å². The van der Waals surface area contributed by atoms with Crippen LogP contribution in [0.3, 0.4) is 0 Å². The first-order chi connectivity index (χ1) is 12.6. The van der Waals surface area contributed by atoms with Crippen molar-refractivity contribution in [3.63, 3.8) is 0 Å². The lowest BCUT2D eigenvalue weighted by atomic mass is 10.3. The fourth-order valence-electron chi connectivity index (χ4n) is 3.08. The van der Waals surface area contributed by atoms with E-state index >= 15 is 0 Å². The Labute approximate surface area is 160 Å². The van der Waals surface area contributed by atoms with Crippen LogP contribution in [0.25, 0.3) is 11.1 Å². The number of fused-ring (bicyclic) bond motifs is 1. The average molecular weight is 383 g/mol. The molecule has 0 fully saturated rings. The Balaban J connectivity index is 1.95. The van der Waals surface area contributed by atoms with Gasteiger partial charge in [-0.05, 0) is 25.1 Å².